The maximum Gasteiger partial charge on any atom is 0.342 e. The predicted octanol–water partition coefficient (Wildman–Crippen LogP) is 2.36. The van der Waals surface area contributed by atoms with E-state index in [1.54, 1.807) is 11.4 Å². The first kappa shape index (κ1) is 10.8. The van der Waals surface area contributed by atoms with Crippen LogP contribution in [0.4, 0.5) is 0 Å². The molecule has 0 aliphatic carbocycles. The molecule has 16 heavy (non-hydrogen) atoms. The van der Waals surface area contributed by atoms with Crippen LogP contribution in [0.1, 0.15) is 15.9 Å². The summed E-state index contributed by atoms with van der Waals surface area (Å²) in [6, 6.07) is 5.62. The Kier molecular flexibility index (Phi) is 2.75. The molecule has 0 fully saturated rings. The van der Waals surface area contributed by atoms with Crippen LogP contribution in [0.2, 0.25) is 0 Å². The van der Waals surface area contributed by atoms with Gasteiger partial charge in [0, 0.05) is 15.5 Å². The number of aryl methyl sites for hydroxylation is 1. The number of carbonyl (C=O) groups is 1. The van der Waals surface area contributed by atoms with Gasteiger partial charge in [-0.3, -0.25) is 4.79 Å². The molecule has 0 bridgehead atoms. The molecule has 2 rings (SSSR count). The minimum Gasteiger partial charge on any atom is -0.465 e. The van der Waals surface area contributed by atoms with Gasteiger partial charge in [0.2, 0.25) is 5.43 Å². The zero-order valence-corrected chi connectivity index (χ0v) is 9.76. The Morgan fingerprint density at radius 3 is 2.81 bits per heavy atom. The lowest BCUT2D eigenvalue weighted by Gasteiger charge is -2.01. The second-order valence-corrected chi connectivity index (χ2v) is 4.38. The van der Waals surface area contributed by atoms with Crippen LogP contribution >= 0.6 is 11.3 Å². The number of carbonyl (C=O) groups excluding carboxylic acids is 1. The molecule has 1 heterocycles. The lowest BCUT2D eigenvalue weighted by molar-refractivity contribution is 0.0600. The molecule has 0 saturated heterocycles. The molecular formula is C12H10O3S. The summed E-state index contributed by atoms with van der Waals surface area (Å²) in [5.41, 5.74) is 0.841. The van der Waals surface area contributed by atoms with Gasteiger partial charge < -0.3 is 4.74 Å². The molecule has 0 N–H and O–H groups in total. The van der Waals surface area contributed by atoms with Crippen molar-refractivity contribution < 1.29 is 9.53 Å². The summed E-state index contributed by atoms with van der Waals surface area (Å²) < 4.78 is 5.44. The second-order valence-electron chi connectivity index (χ2n) is 3.47. The molecule has 4 heteroatoms. The fourth-order valence-electron chi connectivity index (χ4n) is 1.50. The van der Waals surface area contributed by atoms with Gasteiger partial charge in [-0.1, -0.05) is 11.6 Å². The lowest BCUT2D eigenvalue weighted by atomic mass is 10.1. The summed E-state index contributed by atoms with van der Waals surface area (Å²) in [5.74, 6) is -0.579. The number of fused-ring (bicyclic) bond motifs is 1. The van der Waals surface area contributed by atoms with Crippen molar-refractivity contribution in [1.82, 2.24) is 0 Å². The van der Waals surface area contributed by atoms with Crippen LogP contribution in [0.25, 0.3) is 10.1 Å². The van der Waals surface area contributed by atoms with Crippen molar-refractivity contribution in [3.8, 4) is 0 Å². The lowest BCUT2D eigenvalue weighted by Crippen LogP contribution is -2.15. The second kappa shape index (κ2) is 4.06. The topological polar surface area (TPSA) is 43.4 Å². The van der Waals surface area contributed by atoms with E-state index in [2.05, 4.69) is 4.74 Å². The Balaban J connectivity index is 2.78. The fourth-order valence-corrected chi connectivity index (χ4v) is 2.37. The summed E-state index contributed by atoms with van der Waals surface area (Å²) in [7, 11) is 1.27. The van der Waals surface area contributed by atoms with Gasteiger partial charge in [0.15, 0.2) is 0 Å². The third-order valence-corrected chi connectivity index (χ3v) is 3.30. The van der Waals surface area contributed by atoms with E-state index in [0.717, 1.165) is 10.3 Å². The third kappa shape index (κ3) is 1.72. The Bertz CT molecular complexity index is 613. The van der Waals surface area contributed by atoms with Gasteiger partial charge in [-0.2, -0.15) is 0 Å². The zero-order valence-electron chi connectivity index (χ0n) is 8.94. The van der Waals surface area contributed by atoms with E-state index < -0.39 is 5.97 Å². The maximum atomic E-state index is 12.0. The summed E-state index contributed by atoms with van der Waals surface area (Å²) in [5, 5.41) is 2.12. The molecule has 3 nitrogen and oxygen atoms in total. The van der Waals surface area contributed by atoms with Crippen molar-refractivity contribution in [1.29, 1.82) is 0 Å². The van der Waals surface area contributed by atoms with Crippen LogP contribution in [0, 0.1) is 6.92 Å². The van der Waals surface area contributed by atoms with Gasteiger partial charge in [0.25, 0.3) is 0 Å². The van der Waals surface area contributed by atoms with Gasteiger partial charge in [-0.15, -0.1) is 11.3 Å². The number of benzene rings is 1. The first-order chi connectivity index (χ1) is 7.63. The molecule has 1 aromatic heterocycles. The summed E-state index contributed by atoms with van der Waals surface area (Å²) in [6.45, 7) is 1.91. The van der Waals surface area contributed by atoms with Crippen molar-refractivity contribution >= 4 is 27.4 Å². The minimum absolute atomic E-state index is 0.102. The number of hydrogen-bond acceptors (Lipinski definition) is 4. The van der Waals surface area contributed by atoms with Crippen LogP contribution in [-0.4, -0.2) is 13.1 Å². The quantitative estimate of drug-likeness (QED) is 0.711. The molecule has 0 unspecified atom stereocenters. The third-order valence-electron chi connectivity index (χ3n) is 2.33. The van der Waals surface area contributed by atoms with Gasteiger partial charge >= 0.3 is 5.97 Å². The Morgan fingerprint density at radius 1 is 1.38 bits per heavy atom. The van der Waals surface area contributed by atoms with Crippen LogP contribution in [-0.2, 0) is 4.74 Å². The number of methoxy groups -OCH3 is 1. The van der Waals surface area contributed by atoms with Gasteiger partial charge in [0.05, 0.1) is 7.11 Å². The smallest absolute Gasteiger partial charge is 0.342 e. The van der Waals surface area contributed by atoms with E-state index in [9.17, 15) is 9.59 Å². The van der Waals surface area contributed by atoms with Gasteiger partial charge in [-0.05, 0) is 19.1 Å². The number of ether oxygens (including phenoxy) is 1. The van der Waals surface area contributed by atoms with Crippen LogP contribution in [0.5, 0.6) is 0 Å². The zero-order chi connectivity index (χ0) is 11.7. The molecular weight excluding hydrogens is 224 g/mol. The normalized spacial score (nSPS) is 10.4. The standard InChI is InChI=1S/C12H10O3S/c1-7-3-4-10-8(5-7)11(13)9(6-16-10)12(14)15-2/h3-6H,1-2H3. The highest BCUT2D eigenvalue weighted by atomic mass is 32.1. The summed E-state index contributed by atoms with van der Waals surface area (Å²) in [4.78, 5) is 23.3. The highest BCUT2D eigenvalue weighted by Crippen LogP contribution is 2.18. The monoisotopic (exact) mass is 234 g/mol. The van der Waals surface area contributed by atoms with Crippen molar-refractivity contribution in [2.24, 2.45) is 0 Å². The van der Waals surface area contributed by atoms with Crippen LogP contribution < -0.4 is 5.43 Å². The minimum atomic E-state index is -0.579. The summed E-state index contributed by atoms with van der Waals surface area (Å²) in [6.07, 6.45) is 0. The van der Waals surface area contributed by atoms with Crippen LogP contribution in [0.3, 0.4) is 0 Å². The Labute approximate surface area is 96.3 Å². The molecule has 0 saturated carbocycles. The predicted molar refractivity (Wildman–Crippen MR) is 64.2 cm³/mol. The molecule has 0 aliphatic heterocycles. The molecule has 2 aromatic rings. The van der Waals surface area contributed by atoms with Crippen molar-refractivity contribution in [3.05, 3.63) is 44.9 Å². The molecule has 0 radical (unpaired) electrons. The summed E-state index contributed by atoms with van der Waals surface area (Å²) >= 11 is 1.37. The average Bonchev–Trinajstić information content (AvgIpc) is 2.29. The number of hydrogen-bond donors (Lipinski definition) is 0. The first-order valence-electron chi connectivity index (χ1n) is 4.74. The Hall–Kier alpha value is -1.68. The van der Waals surface area contributed by atoms with Crippen molar-refractivity contribution in [2.75, 3.05) is 7.11 Å². The van der Waals surface area contributed by atoms with Crippen molar-refractivity contribution in [3.63, 3.8) is 0 Å². The van der Waals surface area contributed by atoms with E-state index >= 15 is 0 Å². The number of rotatable bonds is 1. The number of esters is 1. The highest BCUT2D eigenvalue weighted by Gasteiger charge is 2.12. The largest absolute Gasteiger partial charge is 0.465 e. The molecule has 1 aromatic carbocycles. The van der Waals surface area contributed by atoms with E-state index in [1.807, 2.05) is 19.1 Å². The SMILES string of the molecule is COC(=O)c1csc2ccc(C)cc2c1=O. The van der Waals surface area contributed by atoms with E-state index in [1.165, 1.54) is 18.4 Å². The van der Waals surface area contributed by atoms with E-state index in [4.69, 9.17) is 0 Å². The first-order valence-corrected chi connectivity index (χ1v) is 5.62. The van der Waals surface area contributed by atoms with Crippen molar-refractivity contribution in [2.45, 2.75) is 6.92 Å². The fraction of sp³-hybridized carbons (Fsp3) is 0.167. The van der Waals surface area contributed by atoms with E-state index in [0.29, 0.717) is 5.39 Å². The molecule has 0 atom stereocenters. The van der Waals surface area contributed by atoms with Gasteiger partial charge in [0.1, 0.15) is 5.56 Å². The average molecular weight is 234 g/mol. The van der Waals surface area contributed by atoms with Gasteiger partial charge in [-0.25, -0.2) is 4.79 Å². The maximum absolute atomic E-state index is 12.0. The molecule has 0 aliphatic rings. The molecule has 0 spiro atoms. The highest BCUT2D eigenvalue weighted by molar-refractivity contribution is 7.16. The van der Waals surface area contributed by atoms with E-state index in [-0.39, 0.29) is 11.0 Å². The Morgan fingerprint density at radius 2 is 2.12 bits per heavy atom. The molecule has 82 valence electrons. The van der Waals surface area contributed by atoms with Crippen LogP contribution in [0.15, 0.2) is 28.4 Å². The molecule has 0 amide bonds.